The molecule has 0 spiro atoms. The number of nitrogens with zero attached hydrogens (tertiary/aromatic N) is 1. The van der Waals surface area contributed by atoms with E-state index in [-0.39, 0.29) is 18.9 Å². The van der Waals surface area contributed by atoms with E-state index in [2.05, 4.69) is 0 Å². The average molecular weight is 345 g/mol. The molecule has 0 aliphatic heterocycles. The second kappa shape index (κ2) is 8.37. The summed E-state index contributed by atoms with van der Waals surface area (Å²) in [5.41, 5.74) is 0.937. The van der Waals surface area contributed by atoms with Crippen molar-refractivity contribution in [2.24, 2.45) is 5.92 Å². The summed E-state index contributed by atoms with van der Waals surface area (Å²) in [6.07, 6.45) is -0.640. The molecule has 134 valence electrons. The van der Waals surface area contributed by atoms with Gasteiger partial charge in [0.1, 0.15) is 17.6 Å². The molecule has 0 aliphatic carbocycles. The first-order valence-corrected chi connectivity index (χ1v) is 8.25. The number of amides is 1. The molecule has 6 nitrogen and oxygen atoms in total. The summed E-state index contributed by atoms with van der Waals surface area (Å²) in [7, 11) is 0. The number of furan rings is 1. The smallest absolute Gasteiger partial charge is 0.408 e. The Balaban J connectivity index is 2.07. The Kier molecular flexibility index (Phi) is 6.22. The molecule has 0 saturated heterocycles. The number of hydrogen-bond donors (Lipinski definition) is 2. The summed E-state index contributed by atoms with van der Waals surface area (Å²) in [5.74, 6) is 0.282. The van der Waals surface area contributed by atoms with Crippen LogP contribution in [0.1, 0.15) is 26.0 Å². The minimum Gasteiger partial charge on any atom is -0.480 e. The van der Waals surface area contributed by atoms with Crippen molar-refractivity contribution < 1.29 is 24.2 Å². The molecule has 0 radical (unpaired) electrons. The Labute approximate surface area is 146 Å². The summed E-state index contributed by atoms with van der Waals surface area (Å²) < 4.78 is 5.75. The summed E-state index contributed by atoms with van der Waals surface area (Å²) in [6, 6.07) is 12.2. The Bertz CT molecular complexity index is 708. The van der Waals surface area contributed by atoms with E-state index in [0.717, 1.165) is 10.5 Å². The lowest BCUT2D eigenvalue weighted by Crippen LogP contribution is -2.46. The number of carbonyl (C=O) groups is 2. The van der Waals surface area contributed by atoms with Crippen LogP contribution in [0.15, 0.2) is 46.9 Å². The van der Waals surface area contributed by atoms with Crippen LogP contribution in [0.2, 0.25) is 0 Å². The Morgan fingerprint density at radius 2 is 1.76 bits per heavy atom. The fourth-order valence-corrected chi connectivity index (χ4v) is 2.69. The molecule has 0 aliphatic rings. The summed E-state index contributed by atoms with van der Waals surface area (Å²) >= 11 is 0. The average Bonchev–Trinajstić information content (AvgIpc) is 3.03. The van der Waals surface area contributed by atoms with Gasteiger partial charge in [0.15, 0.2) is 0 Å². The molecule has 0 fully saturated rings. The van der Waals surface area contributed by atoms with Gasteiger partial charge in [-0.2, -0.15) is 0 Å². The first-order chi connectivity index (χ1) is 11.9. The molecule has 2 aromatic rings. The highest BCUT2D eigenvalue weighted by atomic mass is 16.4. The van der Waals surface area contributed by atoms with Crippen molar-refractivity contribution in [3.63, 3.8) is 0 Å². The highest BCUT2D eigenvalue weighted by Gasteiger charge is 2.30. The maximum Gasteiger partial charge on any atom is 0.408 e. The maximum atomic E-state index is 11.5. The van der Waals surface area contributed by atoms with Crippen LogP contribution in [-0.2, 0) is 11.2 Å². The van der Waals surface area contributed by atoms with Crippen molar-refractivity contribution in [3.05, 3.63) is 48.2 Å². The van der Waals surface area contributed by atoms with E-state index in [4.69, 9.17) is 4.42 Å². The van der Waals surface area contributed by atoms with Crippen molar-refractivity contribution in [2.75, 3.05) is 6.54 Å². The minimum absolute atomic E-state index is 0.0702. The number of aliphatic carboxylic acids is 1. The number of hydrogen-bond acceptors (Lipinski definition) is 3. The van der Waals surface area contributed by atoms with E-state index in [1.165, 1.54) is 0 Å². The lowest BCUT2D eigenvalue weighted by atomic mass is 10.0. The van der Waals surface area contributed by atoms with Crippen molar-refractivity contribution in [1.82, 2.24) is 4.90 Å². The standard InChI is InChI=1S/C19H23NO5/c1-13(2)12-16(18(21)22)20(19(23)24)11-10-15-8-9-17(25-15)14-6-4-3-5-7-14/h3-9,13,16H,10-12H2,1-2H3,(H,21,22)(H,23,24). The van der Waals surface area contributed by atoms with Crippen molar-refractivity contribution in [1.29, 1.82) is 0 Å². The lowest BCUT2D eigenvalue weighted by molar-refractivity contribution is -0.143. The number of carboxylic acid groups (broad SMARTS) is 2. The van der Waals surface area contributed by atoms with Gasteiger partial charge in [0.2, 0.25) is 0 Å². The molecule has 2 rings (SSSR count). The number of rotatable bonds is 8. The van der Waals surface area contributed by atoms with Crippen LogP contribution in [0.25, 0.3) is 11.3 Å². The van der Waals surface area contributed by atoms with Crippen LogP contribution in [0, 0.1) is 5.92 Å². The molecule has 1 amide bonds. The molecule has 0 saturated carbocycles. The van der Waals surface area contributed by atoms with Crippen molar-refractivity contribution in [2.45, 2.75) is 32.7 Å². The van der Waals surface area contributed by atoms with Crippen LogP contribution < -0.4 is 0 Å². The fraction of sp³-hybridized carbons (Fsp3) is 0.368. The largest absolute Gasteiger partial charge is 0.480 e. The Hall–Kier alpha value is -2.76. The third-order valence-electron chi connectivity index (χ3n) is 3.92. The molecule has 0 bridgehead atoms. The van der Waals surface area contributed by atoms with Gasteiger partial charge in [-0.1, -0.05) is 44.2 Å². The van der Waals surface area contributed by atoms with Crippen molar-refractivity contribution >= 4 is 12.1 Å². The third kappa shape index (κ3) is 5.11. The first kappa shape index (κ1) is 18.6. The normalized spacial score (nSPS) is 12.1. The van der Waals surface area contributed by atoms with Crippen LogP contribution in [0.5, 0.6) is 0 Å². The maximum absolute atomic E-state index is 11.5. The van der Waals surface area contributed by atoms with Gasteiger partial charge in [-0.25, -0.2) is 9.59 Å². The fourth-order valence-electron chi connectivity index (χ4n) is 2.69. The summed E-state index contributed by atoms with van der Waals surface area (Å²) in [5, 5.41) is 18.8. The molecule has 1 aromatic carbocycles. The lowest BCUT2D eigenvalue weighted by Gasteiger charge is -2.27. The van der Waals surface area contributed by atoms with E-state index in [9.17, 15) is 19.8 Å². The van der Waals surface area contributed by atoms with Gasteiger partial charge >= 0.3 is 12.1 Å². The van der Waals surface area contributed by atoms with Gasteiger partial charge in [-0.3, -0.25) is 4.90 Å². The molecule has 6 heteroatoms. The number of carboxylic acids is 1. The van der Waals surface area contributed by atoms with Gasteiger partial charge in [-0.15, -0.1) is 0 Å². The van der Waals surface area contributed by atoms with Gasteiger partial charge in [0.05, 0.1) is 0 Å². The second-order valence-corrected chi connectivity index (χ2v) is 6.34. The topological polar surface area (TPSA) is 91.0 Å². The molecular weight excluding hydrogens is 322 g/mol. The van der Waals surface area contributed by atoms with Gasteiger partial charge in [0, 0.05) is 18.5 Å². The predicted octanol–water partition coefficient (Wildman–Crippen LogP) is 3.97. The van der Waals surface area contributed by atoms with E-state index in [0.29, 0.717) is 17.9 Å². The molecule has 25 heavy (non-hydrogen) atoms. The van der Waals surface area contributed by atoms with Gasteiger partial charge in [-0.05, 0) is 24.5 Å². The van der Waals surface area contributed by atoms with E-state index in [1.54, 1.807) is 6.07 Å². The van der Waals surface area contributed by atoms with Gasteiger partial charge < -0.3 is 14.6 Å². The zero-order valence-corrected chi connectivity index (χ0v) is 14.4. The van der Waals surface area contributed by atoms with E-state index in [1.807, 2.05) is 50.2 Å². The molecule has 1 unspecified atom stereocenters. The molecule has 1 aromatic heterocycles. The predicted molar refractivity (Wildman–Crippen MR) is 93.5 cm³/mol. The van der Waals surface area contributed by atoms with E-state index < -0.39 is 18.1 Å². The SMILES string of the molecule is CC(C)CC(C(=O)O)N(CCc1ccc(-c2ccccc2)o1)C(=O)O. The third-order valence-corrected chi connectivity index (χ3v) is 3.92. The Morgan fingerprint density at radius 1 is 1.08 bits per heavy atom. The minimum atomic E-state index is -1.23. The van der Waals surface area contributed by atoms with Gasteiger partial charge in [0.25, 0.3) is 0 Å². The molecule has 2 N–H and O–H groups in total. The molecular formula is C19H23NO5. The highest BCUT2D eigenvalue weighted by molar-refractivity contribution is 5.79. The first-order valence-electron chi connectivity index (χ1n) is 8.25. The van der Waals surface area contributed by atoms with Crippen LogP contribution in [-0.4, -0.2) is 39.8 Å². The van der Waals surface area contributed by atoms with Crippen molar-refractivity contribution in [3.8, 4) is 11.3 Å². The summed E-state index contributed by atoms with van der Waals surface area (Å²) in [6.45, 7) is 3.81. The van der Waals surface area contributed by atoms with E-state index >= 15 is 0 Å². The zero-order chi connectivity index (χ0) is 18.4. The van der Waals surface area contributed by atoms with Crippen LogP contribution in [0.3, 0.4) is 0 Å². The summed E-state index contributed by atoms with van der Waals surface area (Å²) in [4.78, 5) is 23.9. The van der Waals surface area contributed by atoms with Crippen LogP contribution in [0.4, 0.5) is 4.79 Å². The van der Waals surface area contributed by atoms with Crippen LogP contribution >= 0.6 is 0 Å². The Morgan fingerprint density at radius 3 is 2.32 bits per heavy atom. The monoisotopic (exact) mass is 345 g/mol. The number of benzene rings is 1. The quantitative estimate of drug-likeness (QED) is 0.755. The zero-order valence-electron chi connectivity index (χ0n) is 14.4. The molecule has 1 atom stereocenters. The molecule has 1 heterocycles. The highest BCUT2D eigenvalue weighted by Crippen LogP contribution is 2.22. The second-order valence-electron chi connectivity index (χ2n) is 6.34.